The lowest BCUT2D eigenvalue weighted by atomic mass is 9.76. The summed E-state index contributed by atoms with van der Waals surface area (Å²) in [7, 11) is 0. The van der Waals surface area contributed by atoms with E-state index < -0.39 is 11.4 Å². The Morgan fingerprint density at radius 3 is 2.68 bits per heavy atom. The normalized spacial score (nSPS) is 25.1. The first-order chi connectivity index (χ1) is 8.95. The minimum atomic E-state index is -0.765. The number of carboxylic acids is 1. The highest BCUT2D eigenvalue weighted by molar-refractivity contribution is 5.79. The molecular formula is C14H26N2O3. The van der Waals surface area contributed by atoms with Crippen molar-refractivity contribution in [3.8, 4) is 0 Å². The van der Waals surface area contributed by atoms with Crippen molar-refractivity contribution in [1.29, 1.82) is 0 Å². The van der Waals surface area contributed by atoms with E-state index in [2.05, 4.69) is 0 Å². The van der Waals surface area contributed by atoms with Gasteiger partial charge in [0.1, 0.15) is 0 Å². The molecule has 1 aliphatic rings. The number of hydrogen-bond donors (Lipinski definition) is 2. The number of nitrogens with zero attached hydrogens (tertiary/aromatic N) is 1. The third-order valence-electron chi connectivity index (χ3n) is 4.04. The van der Waals surface area contributed by atoms with E-state index in [0.29, 0.717) is 38.9 Å². The predicted octanol–water partition coefficient (Wildman–Crippen LogP) is 1.46. The van der Waals surface area contributed by atoms with E-state index in [-0.39, 0.29) is 11.8 Å². The first-order valence-corrected chi connectivity index (χ1v) is 7.16. The number of nitrogens with two attached hydrogens (primary N) is 1. The third kappa shape index (κ3) is 3.93. The number of carbonyl (C=O) groups is 2. The van der Waals surface area contributed by atoms with Crippen molar-refractivity contribution in [2.24, 2.45) is 17.1 Å². The zero-order chi connectivity index (χ0) is 14.5. The van der Waals surface area contributed by atoms with Crippen molar-refractivity contribution in [2.45, 2.75) is 46.0 Å². The SMILES string of the molecule is CCCC1(C(=O)O)CCCN(C(=O)CC(C)CN)C1. The lowest BCUT2D eigenvalue weighted by Gasteiger charge is -2.40. The first-order valence-electron chi connectivity index (χ1n) is 7.16. The second-order valence-electron chi connectivity index (χ2n) is 5.80. The standard InChI is InChI=1S/C14H26N2O3/c1-3-5-14(13(18)19)6-4-7-16(10-14)12(17)8-11(2)9-15/h11H,3-10,15H2,1-2H3,(H,18,19). The van der Waals surface area contributed by atoms with E-state index in [1.807, 2.05) is 13.8 Å². The van der Waals surface area contributed by atoms with Gasteiger partial charge in [-0.05, 0) is 31.7 Å². The second kappa shape index (κ2) is 6.89. The average molecular weight is 270 g/mol. The van der Waals surface area contributed by atoms with Gasteiger partial charge in [-0.3, -0.25) is 9.59 Å². The summed E-state index contributed by atoms with van der Waals surface area (Å²) in [5.41, 5.74) is 4.79. The zero-order valence-corrected chi connectivity index (χ0v) is 12.0. The molecule has 1 heterocycles. The molecule has 1 saturated heterocycles. The summed E-state index contributed by atoms with van der Waals surface area (Å²) in [6, 6.07) is 0. The van der Waals surface area contributed by atoms with E-state index in [9.17, 15) is 14.7 Å². The number of aliphatic carboxylic acids is 1. The van der Waals surface area contributed by atoms with Gasteiger partial charge in [0.25, 0.3) is 0 Å². The summed E-state index contributed by atoms with van der Waals surface area (Å²) in [4.78, 5) is 25.4. The van der Waals surface area contributed by atoms with Crippen LogP contribution in [0, 0.1) is 11.3 Å². The van der Waals surface area contributed by atoms with Crippen LogP contribution in [0.2, 0.25) is 0 Å². The molecular weight excluding hydrogens is 244 g/mol. The van der Waals surface area contributed by atoms with Crippen LogP contribution in [0.1, 0.15) is 46.0 Å². The van der Waals surface area contributed by atoms with Crippen LogP contribution in [0.15, 0.2) is 0 Å². The molecule has 0 aromatic carbocycles. The average Bonchev–Trinajstić information content (AvgIpc) is 2.39. The lowest BCUT2D eigenvalue weighted by Crippen LogP contribution is -2.50. The molecule has 0 spiro atoms. The number of carboxylic acid groups (broad SMARTS) is 1. The van der Waals surface area contributed by atoms with Crippen molar-refractivity contribution in [3.63, 3.8) is 0 Å². The quantitative estimate of drug-likeness (QED) is 0.765. The molecule has 3 N–H and O–H groups in total. The van der Waals surface area contributed by atoms with Gasteiger partial charge in [0.15, 0.2) is 0 Å². The van der Waals surface area contributed by atoms with Crippen molar-refractivity contribution in [1.82, 2.24) is 4.90 Å². The largest absolute Gasteiger partial charge is 0.481 e. The van der Waals surface area contributed by atoms with E-state index in [1.165, 1.54) is 0 Å². The molecule has 110 valence electrons. The Morgan fingerprint density at radius 2 is 2.16 bits per heavy atom. The number of hydrogen-bond acceptors (Lipinski definition) is 3. The number of carbonyl (C=O) groups excluding carboxylic acids is 1. The molecule has 5 heteroatoms. The highest BCUT2D eigenvalue weighted by Crippen LogP contribution is 2.35. The highest BCUT2D eigenvalue weighted by Gasteiger charge is 2.42. The molecule has 0 aromatic heterocycles. The van der Waals surface area contributed by atoms with E-state index in [4.69, 9.17) is 5.73 Å². The molecule has 0 radical (unpaired) electrons. The molecule has 0 aromatic rings. The van der Waals surface area contributed by atoms with Gasteiger partial charge in [-0.2, -0.15) is 0 Å². The Kier molecular flexibility index (Phi) is 5.79. The fourth-order valence-electron chi connectivity index (χ4n) is 2.82. The second-order valence-corrected chi connectivity index (χ2v) is 5.80. The monoisotopic (exact) mass is 270 g/mol. The summed E-state index contributed by atoms with van der Waals surface area (Å²) in [5, 5.41) is 9.49. The van der Waals surface area contributed by atoms with E-state index >= 15 is 0 Å². The summed E-state index contributed by atoms with van der Waals surface area (Å²) in [6.45, 7) is 5.44. The summed E-state index contributed by atoms with van der Waals surface area (Å²) >= 11 is 0. The Hall–Kier alpha value is -1.10. The molecule has 1 aliphatic heterocycles. The maximum Gasteiger partial charge on any atom is 0.311 e. The number of piperidine rings is 1. The van der Waals surface area contributed by atoms with Gasteiger partial charge in [-0.15, -0.1) is 0 Å². The molecule has 5 nitrogen and oxygen atoms in total. The van der Waals surface area contributed by atoms with Crippen LogP contribution in [0.5, 0.6) is 0 Å². The Balaban J connectivity index is 2.71. The minimum absolute atomic E-state index is 0.0411. The van der Waals surface area contributed by atoms with Crippen molar-refractivity contribution in [3.05, 3.63) is 0 Å². The molecule has 1 fully saturated rings. The molecule has 2 atom stereocenters. The van der Waals surface area contributed by atoms with Gasteiger partial charge in [-0.1, -0.05) is 20.3 Å². The maximum atomic E-state index is 12.2. The maximum absolute atomic E-state index is 12.2. The Bertz CT molecular complexity index is 329. The van der Waals surface area contributed by atoms with Crippen LogP contribution in [0.25, 0.3) is 0 Å². The topological polar surface area (TPSA) is 83.6 Å². The van der Waals surface area contributed by atoms with E-state index in [1.54, 1.807) is 4.90 Å². The molecule has 2 unspecified atom stereocenters. The fraction of sp³-hybridized carbons (Fsp3) is 0.857. The van der Waals surface area contributed by atoms with Gasteiger partial charge in [0.05, 0.1) is 5.41 Å². The van der Waals surface area contributed by atoms with E-state index in [0.717, 1.165) is 12.8 Å². The smallest absolute Gasteiger partial charge is 0.311 e. The molecule has 19 heavy (non-hydrogen) atoms. The fourth-order valence-corrected chi connectivity index (χ4v) is 2.82. The highest BCUT2D eigenvalue weighted by atomic mass is 16.4. The van der Waals surface area contributed by atoms with Gasteiger partial charge >= 0.3 is 5.97 Å². The Labute approximate surface area is 115 Å². The first kappa shape index (κ1) is 16.0. The lowest BCUT2D eigenvalue weighted by molar-refractivity contribution is -0.155. The zero-order valence-electron chi connectivity index (χ0n) is 12.0. The van der Waals surface area contributed by atoms with Crippen molar-refractivity contribution >= 4 is 11.9 Å². The molecule has 0 aliphatic carbocycles. The van der Waals surface area contributed by atoms with Crippen LogP contribution in [-0.2, 0) is 9.59 Å². The molecule has 0 saturated carbocycles. The molecule has 1 amide bonds. The minimum Gasteiger partial charge on any atom is -0.481 e. The van der Waals surface area contributed by atoms with Crippen molar-refractivity contribution in [2.75, 3.05) is 19.6 Å². The van der Waals surface area contributed by atoms with Crippen molar-refractivity contribution < 1.29 is 14.7 Å². The summed E-state index contributed by atoms with van der Waals surface area (Å²) in [5.74, 6) is -0.571. The third-order valence-corrected chi connectivity index (χ3v) is 4.04. The number of likely N-dealkylation sites (tertiary alicyclic amines) is 1. The van der Waals surface area contributed by atoms with Crippen LogP contribution >= 0.6 is 0 Å². The van der Waals surface area contributed by atoms with Gasteiger partial charge < -0.3 is 15.7 Å². The van der Waals surface area contributed by atoms with Gasteiger partial charge in [0.2, 0.25) is 5.91 Å². The summed E-state index contributed by atoms with van der Waals surface area (Å²) in [6.07, 6.45) is 3.33. The number of amides is 1. The van der Waals surface area contributed by atoms with Crippen LogP contribution in [0.3, 0.4) is 0 Å². The van der Waals surface area contributed by atoms with Crippen LogP contribution in [0.4, 0.5) is 0 Å². The molecule has 0 bridgehead atoms. The van der Waals surface area contributed by atoms with Gasteiger partial charge in [0, 0.05) is 19.5 Å². The predicted molar refractivity (Wildman–Crippen MR) is 73.6 cm³/mol. The van der Waals surface area contributed by atoms with Crippen LogP contribution < -0.4 is 5.73 Å². The summed E-state index contributed by atoms with van der Waals surface area (Å²) < 4.78 is 0. The van der Waals surface area contributed by atoms with Gasteiger partial charge in [-0.25, -0.2) is 0 Å². The Morgan fingerprint density at radius 1 is 1.47 bits per heavy atom. The van der Waals surface area contributed by atoms with Crippen LogP contribution in [-0.4, -0.2) is 41.5 Å². The number of rotatable bonds is 6. The molecule has 1 rings (SSSR count).